The molecule has 4 rings (SSSR count). The highest BCUT2D eigenvalue weighted by molar-refractivity contribution is 5.32. The minimum absolute atomic E-state index is 0.224. The van der Waals surface area contributed by atoms with E-state index in [1.807, 2.05) is 0 Å². The Kier molecular flexibility index (Phi) is 4.19. The molecule has 0 amide bonds. The van der Waals surface area contributed by atoms with E-state index in [2.05, 4.69) is 59.5 Å². The van der Waals surface area contributed by atoms with Crippen LogP contribution >= 0.6 is 0 Å². The Morgan fingerprint density at radius 1 is 0.783 bits per heavy atom. The number of fused-ring (bicyclic) bond motifs is 1. The van der Waals surface area contributed by atoms with Crippen molar-refractivity contribution in [3.8, 4) is 0 Å². The van der Waals surface area contributed by atoms with Gasteiger partial charge in [-0.05, 0) is 55.0 Å². The molecule has 2 aliphatic rings. The van der Waals surface area contributed by atoms with Crippen LogP contribution < -0.4 is 0 Å². The van der Waals surface area contributed by atoms with Crippen LogP contribution in [0.15, 0.2) is 54.6 Å². The molecular weight excluding hydrogens is 282 g/mol. The van der Waals surface area contributed by atoms with Crippen molar-refractivity contribution in [1.29, 1.82) is 0 Å². The molecule has 120 valence electrons. The van der Waals surface area contributed by atoms with Crippen molar-refractivity contribution < 1.29 is 5.11 Å². The van der Waals surface area contributed by atoms with Crippen molar-refractivity contribution in [3.63, 3.8) is 0 Å². The molecule has 0 aromatic heterocycles. The third-order valence-electron chi connectivity index (χ3n) is 5.69. The lowest BCUT2D eigenvalue weighted by Crippen LogP contribution is -2.50. The van der Waals surface area contributed by atoms with E-state index in [4.69, 9.17) is 0 Å². The Labute approximate surface area is 138 Å². The van der Waals surface area contributed by atoms with Gasteiger partial charge in [-0.3, -0.25) is 4.90 Å². The van der Waals surface area contributed by atoms with Gasteiger partial charge in [0.25, 0.3) is 0 Å². The number of likely N-dealkylation sites (tertiary alicyclic amines) is 1. The highest BCUT2D eigenvalue weighted by Gasteiger charge is 2.33. The zero-order valence-corrected chi connectivity index (χ0v) is 13.6. The molecule has 1 heterocycles. The smallest absolute Gasteiger partial charge is 0.0738 e. The number of piperidine rings is 1. The second-order valence-corrected chi connectivity index (χ2v) is 7.03. The fourth-order valence-electron chi connectivity index (χ4n) is 4.34. The van der Waals surface area contributed by atoms with E-state index in [9.17, 15) is 5.11 Å². The maximum atomic E-state index is 10.6. The largest absolute Gasteiger partial charge is 0.391 e. The average Bonchev–Trinajstić information content (AvgIpc) is 2.62. The quantitative estimate of drug-likeness (QED) is 0.919. The van der Waals surface area contributed by atoms with Gasteiger partial charge in [0.05, 0.1) is 6.10 Å². The lowest BCUT2D eigenvalue weighted by atomic mass is 9.83. The molecule has 0 radical (unpaired) electrons. The summed E-state index contributed by atoms with van der Waals surface area (Å²) in [5.41, 5.74) is 4.23. The monoisotopic (exact) mass is 307 g/mol. The fraction of sp³-hybridized carbons (Fsp3) is 0.429. The zero-order chi connectivity index (χ0) is 15.6. The average molecular weight is 307 g/mol. The maximum Gasteiger partial charge on any atom is 0.0738 e. The number of hydrogen-bond acceptors (Lipinski definition) is 2. The predicted octanol–water partition coefficient (Wildman–Crippen LogP) is 3.39. The van der Waals surface area contributed by atoms with Crippen molar-refractivity contribution in [1.82, 2.24) is 4.90 Å². The van der Waals surface area contributed by atoms with E-state index in [1.165, 1.54) is 29.5 Å². The summed E-state index contributed by atoms with van der Waals surface area (Å²) in [7, 11) is 0. The van der Waals surface area contributed by atoms with Crippen molar-refractivity contribution in [2.24, 2.45) is 0 Å². The molecule has 2 aromatic rings. The zero-order valence-electron chi connectivity index (χ0n) is 13.6. The Bertz CT molecular complexity index is 646. The highest BCUT2D eigenvalue weighted by Crippen LogP contribution is 2.32. The van der Waals surface area contributed by atoms with Gasteiger partial charge in [-0.25, -0.2) is 0 Å². The second-order valence-electron chi connectivity index (χ2n) is 7.03. The number of nitrogens with zero attached hydrogens (tertiary/aromatic N) is 1. The normalized spacial score (nSPS) is 26.0. The second kappa shape index (κ2) is 6.46. The van der Waals surface area contributed by atoms with Gasteiger partial charge in [-0.1, -0.05) is 54.6 Å². The molecule has 1 aliphatic heterocycles. The molecule has 0 unspecified atom stereocenters. The van der Waals surface area contributed by atoms with Crippen LogP contribution in [0.4, 0.5) is 0 Å². The Balaban J connectivity index is 1.43. The van der Waals surface area contributed by atoms with Crippen LogP contribution in [-0.2, 0) is 12.8 Å². The van der Waals surface area contributed by atoms with Gasteiger partial charge in [-0.2, -0.15) is 0 Å². The lowest BCUT2D eigenvalue weighted by Gasteiger charge is -2.42. The minimum atomic E-state index is -0.224. The van der Waals surface area contributed by atoms with Crippen molar-refractivity contribution >= 4 is 0 Å². The molecule has 1 aliphatic carbocycles. The molecule has 1 saturated heterocycles. The number of aliphatic hydroxyl groups is 1. The molecule has 23 heavy (non-hydrogen) atoms. The molecule has 1 N–H and O–H groups in total. The maximum absolute atomic E-state index is 10.6. The third kappa shape index (κ3) is 3.06. The summed E-state index contributed by atoms with van der Waals surface area (Å²) < 4.78 is 0. The molecule has 2 nitrogen and oxygen atoms in total. The van der Waals surface area contributed by atoms with E-state index in [-0.39, 0.29) is 6.10 Å². The van der Waals surface area contributed by atoms with Gasteiger partial charge < -0.3 is 5.11 Å². The molecule has 1 fully saturated rings. The molecule has 0 spiro atoms. The van der Waals surface area contributed by atoms with Gasteiger partial charge in [-0.15, -0.1) is 0 Å². The van der Waals surface area contributed by atoms with Crippen LogP contribution in [0.5, 0.6) is 0 Å². The standard InChI is InChI=1S/C21H25NO/c23-21-15-19-9-5-4-8-18(19)14-20(21)22-12-10-17(11-13-22)16-6-2-1-3-7-16/h1-9,17,20-21,23H,10-15H2/t20-,21-/m0/s1. The van der Waals surface area contributed by atoms with Crippen LogP contribution in [-0.4, -0.2) is 35.2 Å². The minimum Gasteiger partial charge on any atom is -0.391 e. The van der Waals surface area contributed by atoms with Crippen LogP contribution in [0.2, 0.25) is 0 Å². The molecule has 0 saturated carbocycles. The van der Waals surface area contributed by atoms with Crippen molar-refractivity contribution in [3.05, 3.63) is 71.3 Å². The van der Waals surface area contributed by atoms with Crippen molar-refractivity contribution in [2.75, 3.05) is 13.1 Å². The Hall–Kier alpha value is -1.64. The molecule has 0 bridgehead atoms. The van der Waals surface area contributed by atoms with Gasteiger partial charge in [0.15, 0.2) is 0 Å². The lowest BCUT2D eigenvalue weighted by molar-refractivity contribution is 0.0294. The molecule has 2 aromatic carbocycles. The topological polar surface area (TPSA) is 23.5 Å². The van der Waals surface area contributed by atoms with Crippen molar-refractivity contribution in [2.45, 2.75) is 43.7 Å². The Morgan fingerprint density at radius 3 is 2.09 bits per heavy atom. The fourth-order valence-corrected chi connectivity index (χ4v) is 4.34. The van der Waals surface area contributed by atoms with Gasteiger partial charge >= 0.3 is 0 Å². The highest BCUT2D eigenvalue weighted by atomic mass is 16.3. The summed E-state index contributed by atoms with van der Waals surface area (Å²) in [6.45, 7) is 2.20. The summed E-state index contributed by atoms with van der Waals surface area (Å²) in [4.78, 5) is 2.53. The summed E-state index contributed by atoms with van der Waals surface area (Å²) in [5, 5.41) is 10.6. The number of aliphatic hydroxyl groups excluding tert-OH is 1. The number of benzene rings is 2. The first-order valence-electron chi connectivity index (χ1n) is 8.85. The summed E-state index contributed by atoms with van der Waals surface area (Å²) in [6, 6.07) is 19.8. The van der Waals surface area contributed by atoms with Gasteiger partial charge in [0.1, 0.15) is 0 Å². The SMILES string of the molecule is O[C@H]1Cc2ccccc2C[C@@H]1N1CCC(c2ccccc2)CC1. The van der Waals surface area contributed by atoms with E-state index in [0.29, 0.717) is 12.0 Å². The van der Waals surface area contributed by atoms with Gasteiger partial charge in [0.2, 0.25) is 0 Å². The molecule has 2 heteroatoms. The number of hydrogen-bond donors (Lipinski definition) is 1. The first-order chi connectivity index (χ1) is 11.3. The molecular formula is C21H25NO. The van der Waals surface area contributed by atoms with Crippen LogP contribution in [0.3, 0.4) is 0 Å². The Morgan fingerprint density at radius 2 is 1.39 bits per heavy atom. The first-order valence-corrected chi connectivity index (χ1v) is 8.85. The summed E-state index contributed by atoms with van der Waals surface area (Å²) in [6.07, 6.45) is 3.98. The summed E-state index contributed by atoms with van der Waals surface area (Å²) >= 11 is 0. The third-order valence-corrected chi connectivity index (χ3v) is 5.69. The van der Waals surface area contributed by atoms with E-state index in [1.54, 1.807) is 0 Å². The van der Waals surface area contributed by atoms with Crippen LogP contribution in [0.25, 0.3) is 0 Å². The number of rotatable bonds is 2. The van der Waals surface area contributed by atoms with Gasteiger partial charge in [0, 0.05) is 12.5 Å². The summed E-state index contributed by atoms with van der Waals surface area (Å²) in [5.74, 6) is 0.681. The van der Waals surface area contributed by atoms with Crippen LogP contribution in [0.1, 0.15) is 35.4 Å². The van der Waals surface area contributed by atoms with E-state index >= 15 is 0 Å². The van der Waals surface area contributed by atoms with E-state index in [0.717, 1.165) is 25.9 Å². The molecule has 2 atom stereocenters. The van der Waals surface area contributed by atoms with E-state index < -0.39 is 0 Å². The van der Waals surface area contributed by atoms with Crippen LogP contribution in [0, 0.1) is 0 Å². The first kappa shape index (κ1) is 14.9. The predicted molar refractivity (Wildman–Crippen MR) is 93.6 cm³/mol.